The molecule has 0 N–H and O–H groups in total. The minimum absolute atomic E-state index is 0.340. The zero-order valence-corrected chi connectivity index (χ0v) is 10.8. The van der Waals surface area contributed by atoms with Crippen LogP contribution in [-0.4, -0.2) is 5.78 Å². The Morgan fingerprint density at radius 1 is 1.19 bits per heavy atom. The van der Waals surface area contributed by atoms with Crippen molar-refractivity contribution in [2.45, 2.75) is 46.0 Å². The standard InChI is InChI=1S/C15H22O/c1-12(2)10-11-14(16)15(3,4)13-8-6-5-7-9-13/h5-9,12H,10-11H2,1-4H3. The zero-order chi connectivity index (χ0) is 12.2. The van der Waals surface area contributed by atoms with Gasteiger partial charge in [-0.05, 0) is 31.7 Å². The van der Waals surface area contributed by atoms with Crippen molar-refractivity contribution >= 4 is 5.78 Å². The third-order valence-corrected chi connectivity index (χ3v) is 3.14. The van der Waals surface area contributed by atoms with Gasteiger partial charge < -0.3 is 0 Å². The Labute approximate surface area is 98.9 Å². The number of Topliss-reactive ketones (excluding diaryl/α,β-unsaturated/α-hetero) is 1. The quantitative estimate of drug-likeness (QED) is 0.731. The minimum Gasteiger partial charge on any atom is -0.299 e. The molecule has 0 atom stereocenters. The van der Waals surface area contributed by atoms with Crippen molar-refractivity contribution < 1.29 is 4.79 Å². The molecular weight excluding hydrogens is 196 g/mol. The molecule has 0 saturated heterocycles. The van der Waals surface area contributed by atoms with Crippen LogP contribution in [0.4, 0.5) is 0 Å². The molecule has 16 heavy (non-hydrogen) atoms. The average molecular weight is 218 g/mol. The summed E-state index contributed by atoms with van der Waals surface area (Å²) in [7, 11) is 0. The molecule has 0 aliphatic carbocycles. The van der Waals surface area contributed by atoms with Gasteiger partial charge in [0.15, 0.2) is 0 Å². The maximum absolute atomic E-state index is 12.2. The van der Waals surface area contributed by atoms with Gasteiger partial charge in [-0.2, -0.15) is 0 Å². The number of ketones is 1. The van der Waals surface area contributed by atoms with E-state index in [9.17, 15) is 4.79 Å². The molecule has 0 unspecified atom stereocenters. The third-order valence-electron chi connectivity index (χ3n) is 3.14. The summed E-state index contributed by atoms with van der Waals surface area (Å²) < 4.78 is 0. The zero-order valence-electron chi connectivity index (χ0n) is 10.8. The van der Waals surface area contributed by atoms with Gasteiger partial charge in [0.05, 0.1) is 0 Å². The van der Waals surface area contributed by atoms with Gasteiger partial charge in [0.25, 0.3) is 0 Å². The molecule has 88 valence electrons. The molecule has 1 rings (SSSR count). The van der Waals surface area contributed by atoms with Crippen LogP contribution in [0, 0.1) is 5.92 Å². The first-order valence-corrected chi connectivity index (χ1v) is 6.03. The predicted octanol–water partition coefficient (Wildman–Crippen LogP) is 3.97. The molecule has 0 heterocycles. The maximum Gasteiger partial charge on any atom is 0.142 e. The first-order chi connectivity index (χ1) is 7.44. The lowest BCUT2D eigenvalue weighted by atomic mass is 9.78. The van der Waals surface area contributed by atoms with Crippen molar-refractivity contribution in [3.8, 4) is 0 Å². The smallest absolute Gasteiger partial charge is 0.142 e. The van der Waals surface area contributed by atoms with Crippen molar-refractivity contribution in [2.24, 2.45) is 5.92 Å². The average Bonchev–Trinajstić information content (AvgIpc) is 2.27. The highest BCUT2D eigenvalue weighted by molar-refractivity contribution is 5.89. The number of hydrogen-bond donors (Lipinski definition) is 0. The Bertz CT molecular complexity index is 336. The van der Waals surface area contributed by atoms with Crippen molar-refractivity contribution in [1.29, 1.82) is 0 Å². The van der Waals surface area contributed by atoms with Crippen LogP contribution in [0.3, 0.4) is 0 Å². The highest BCUT2D eigenvalue weighted by Gasteiger charge is 2.28. The largest absolute Gasteiger partial charge is 0.299 e. The van der Waals surface area contributed by atoms with E-state index in [0.717, 1.165) is 12.0 Å². The van der Waals surface area contributed by atoms with E-state index in [1.54, 1.807) is 0 Å². The molecule has 0 spiro atoms. The number of rotatable bonds is 5. The Balaban J connectivity index is 2.74. The van der Waals surface area contributed by atoms with Gasteiger partial charge in [0.1, 0.15) is 5.78 Å². The summed E-state index contributed by atoms with van der Waals surface area (Å²) in [6.07, 6.45) is 1.66. The van der Waals surface area contributed by atoms with Crippen molar-refractivity contribution in [2.75, 3.05) is 0 Å². The SMILES string of the molecule is CC(C)CCC(=O)C(C)(C)c1ccccc1. The summed E-state index contributed by atoms with van der Waals surface area (Å²) in [5, 5.41) is 0. The highest BCUT2D eigenvalue weighted by Crippen LogP contribution is 2.26. The molecule has 0 saturated carbocycles. The van der Waals surface area contributed by atoms with Gasteiger partial charge >= 0.3 is 0 Å². The Morgan fingerprint density at radius 2 is 1.75 bits per heavy atom. The molecule has 0 aromatic heterocycles. The summed E-state index contributed by atoms with van der Waals surface area (Å²) in [6, 6.07) is 10.0. The van der Waals surface area contributed by atoms with Crippen molar-refractivity contribution in [3.05, 3.63) is 35.9 Å². The Hall–Kier alpha value is -1.11. The summed E-state index contributed by atoms with van der Waals surface area (Å²) in [4.78, 5) is 12.2. The van der Waals surface area contributed by atoms with Gasteiger partial charge in [-0.15, -0.1) is 0 Å². The van der Waals surface area contributed by atoms with Gasteiger partial charge in [-0.25, -0.2) is 0 Å². The van der Waals surface area contributed by atoms with Gasteiger partial charge in [-0.1, -0.05) is 44.2 Å². The van der Waals surface area contributed by atoms with E-state index in [-0.39, 0.29) is 5.41 Å². The molecule has 0 fully saturated rings. The summed E-state index contributed by atoms with van der Waals surface area (Å²) >= 11 is 0. The normalized spacial score (nSPS) is 11.8. The lowest BCUT2D eigenvalue weighted by Crippen LogP contribution is -2.29. The van der Waals surface area contributed by atoms with Crippen LogP contribution in [0.5, 0.6) is 0 Å². The second kappa shape index (κ2) is 5.29. The lowest BCUT2D eigenvalue weighted by Gasteiger charge is -2.24. The van der Waals surface area contributed by atoms with Gasteiger partial charge in [0, 0.05) is 11.8 Å². The molecule has 0 bridgehead atoms. The van der Waals surface area contributed by atoms with Crippen LogP contribution in [-0.2, 0) is 10.2 Å². The van der Waals surface area contributed by atoms with E-state index >= 15 is 0 Å². The van der Waals surface area contributed by atoms with Crippen LogP contribution in [0.15, 0.2) is 30.3 Å². The first-order valence-electron chi connectivity index (χ1n) is 6.03. The van der Waals surface area contributed by atoms with Gasteiger partial charge in [-0.3, -0.25) is 4.79 Å². The fourth-order valence-electron chi connectivity index (χ4n) is 1.75. The van der Waals surface area contributed by atoms with Crippen LogP contribution < -0.4 is 0 Å². The van der Waals surface area contributed by atoms with Gasteiger partial charge in [0.2, 0.25) is 0 Å². The first kappa shape index (κ1) is 13.0. The molecule has 1 aromatic carbocycles. The summed E-state index contributed by atoms with van der Waals surface area (Å²) in [5.74, 6) is 0.933. The molecule has 1 heteroatoms. The summed E-state index contributed by atoms with van der Waals surface area (Å²) in [5.41, 5.74) is 0.764. The molecule has 0 amide bonds. The summed E-state index contributed by atoms with van der Waals surface area (Å²) in [6.45, 7) is 8.35. The number of carbonyl (C=O) groups excluding carboxylic acids is 1. The van der Waals surface area contributed by atoms with E-state index in [1.165, 1.54) is 0 Å². The lowest BCUT2D eigenvalue weighted by molar-refractivity contribution is -0.123. The van der Waals surface area contributed by atoms with E-state index in [0.29, 0.717) is 18.1 Å². The fraction of sp³-hybridized carbons (Fsp3) is 0.533. The minimum atomic E-state index is -0.351. The van der Waals surface area contributed by atoms with E-state index in [4.69, 9.17) is 0 Å². The Kier molecular flexibility index (Phi) is 4.28. The van der Waals surface area contributed by atoms with Crippen LogP contribution >= 0.6 is 0 Å². The maximum atomic E-state index is 12.2. The highest BCUT2D eigenvalue weighted by atomic mass is 16.1. The van der Waals surface area contributed by atoms with Crippen LogP contribution in [0.25, 0.3) is 0 Å². The third kappa shape index (κ3) is 3.19. The molecule has 0 radical (unpaired) electrons. The number of carbonyl (C=O) groups is 1. The molecule has 0 aliphatic heterocycles. The van der Waals surface area contributed by atoms with Crippen LogP contribution in [0.2, 0.25) is 0 Å². The molecule has 0 aliphatic rings. The molecule has 1 nitrogen and oxygen atoms in total. The second-order valence-electron chi connectivity index (χ2n) is 5.35. The Morgan fingerprint density at radius 3 is 2.25 bits per heavy atom. The number of hydrogen-bond acceptors (Lipinski definition) is 1. The molecular formula is C15H22O. The number of benzene rings is 1. The van der Waals surface area contributed by atoms with Crippen molar-refractivity contribution in [3.63, 3.8) is 0 Å². The fourth-order valence-corrected chi connectivity index (χ4v) is 1.75. The van der Waals surface area contributed by atoms with Crippen molar-refractivity contribution in [1.82, 2.24) is 0 Å². The van der Waals surface area contributed by atoms with Crippen LogP contribution in [0.1, 0.15) is 46.1 Å². The second-order valence-corrected chi connectivity index (χ2v) is 5.35. The topological polar surface area (TPSA) is 17.1 Å². The molecule has 1 aromatic rings. The predicted molar refractivity (Wildman–Crippen MR) is 68.5 cm³/mol. The van der Waals surface area contributed by atoms with E-state index < -0.39 is 0 Å². The van der Waals surface area contributed by atoms with E-state index in [2.05, 4.69) is 13.8 Å². The monoisotopic (exact) mass is 218 g/mol. The van der Waals surface area contributed by atoms with E-state index in [1.807, 2.05) is 44.2 Å².